The number of hydrogen-bond donors (Lipinski definition) is 2. The van der Waals surface area contributed by atoms with Crippen molar-refractivity contribution in [3.05, 3.63) is 42.7 Å². The van der Waals surface area contributed by atoms with E-state index in [1.54, 1.807) is 6.33 Å². The van der Waals surface area contributed by atoms with Gasteiger partial charge in [0.15, 0.2) is 0 Å². The molecule has 2 aromatic rings. The first-order valence-corrected chi connectivity index (χ1v) is 8.91. The highest BCUT2D eigenvalue weighted by atomic mass is 15.2. The average Bonchev–Trinajstić information content (AvgIpc) is 2.63. The van der Waals surface area contributed by atoms with Crippen LogP contribution in [-0.4, -0.2) is 36.1 Å². The number of piperidine rings is 1. The van der Waals surface area contributed by atoms with Gasteiger partial charge in [0, 0.05) is 37.9 Å². The third-order valence-corrected chi connectivity index (χ3v) is 4.40. The van der Waals surface area contributed by atoms with Gasteiger partial charge in [-0.3, -0.25) is 0 Å². The Morgan fingerprint density at radius 3 is 2.79 bits per heavy atom. The zero-order valence-electron chi connectivity index (χ0n) is 14.4. The summed E-state index contributed by atoms with van der Waals surface area (Å²) in [6.45, 7) is 6.34. The summed E-state index contributed by atoms with van der Waals surface area (Å²) in [5, 5.41) is 6.82. The van der Waals surface area contributed by atoms with E-state index in [1.165, 1.54) is 18.5 Å². The van der Waals surface area contributed by atoms with Crippen LogP contribution in [0.1, 0.15) is 26.2 Å². The minimum Gasteiger partial charge on any atom is -0.385 e. The normalized spacial score (nSPS) is 17.5. The lowest BCUT2D eigenvalue weighted by atomic mass is 10.0. The van der Waals surface area contributed by atoms with Gasteiger partial charge < -0.3 is 15.5 Å². The Labute approximate surface area is 144 Å². The molecule has 1 aliphatic heterocycles. The molecule has 0 amide bonds. The molecule has 1 fully saturated rings. The summed E-state index contributed by atoms with van der Waals surface area (Å²) in [6.07, 6.45) is 5.27. The number of anilines is 3. The van der Waals surface area contributed by atoms with E-state index in [-0.39, 0.29) is 0 Å². The zero-order valence-corrected chi connectivity index (χ0v) is 14.4. The molecule has 0 aliphatic carbocycles. The van der Waals surface area contributed by atoms with E-state index in [9.17, 15) is 0 Å². The molecule has 0 radical (unpaired) electrons. The van der Waals surface area contributed by atoms with Crippen molar-refractivity contribution in [2.75, 3.05) is 41.7 Å². The highest BCUT2D eigenvalue weighted by Crippen LogP contribution is 2.22. The van der Waals surface area contributed by atoms with Gasteiger partial charge in [-0.15, -0.1) is 0 Å². The van der Waals surface area contributed by atoms with Gasteiger partial charge in [0.25, 0.3) is 0 Å². The fourth-order valence-electron chi connectivity index (χ4n) is 3.11. The molecule has 0 bridgehead atoms. The molecule has 1 unspecified atom stereocenters. The molecule has 1 aromatic carbocycles. The minimum absolute atomic E-state index is 0.745. The largest absolute Gasteiger partial charge is 0.385 e. The maximum absolute atomic E-state index is 4.44. The zero-order chi connectivity index (χ0) is 16.6. The molecule has 5 nitrogen and oxygen atoms in total. The second-order valence-electron chi connectivity index (χ2n) is 6.53. The molecule has 1 atom stereocenters. The summed E-state index contributed by atoms with van der Waals surface area (Å²) in [6, 6.07) is 12.4. The Morgan fingerprint density at radius 2 is 1.96 bits per heavy atom. The van der Waals surface area contributed by atoms with E-state index in [2.05, 4.69) is 50.6 Å². The fourth-order valence-corrected chi connectivity index (χ4v) is 3.11. The first kappa shape index (κ1) is 16.6. The van der Waals surface area contributed by atoms with E-state index in [1.807, 2.05) is 18.2 Å². The molecule has 24 heavy (non-hydrogen) atoms. The van der Waals surface area contributed by atoms with Crippen LogP contribution in [0.3, 0.4) is 0 Å². The summed E-state index contributed by atoms with van der Waals surface area (Å²) in [4.78, 5) is 11.2. The third kappa shape index (κ3) is 4.85. The van der Waals surface area contributed by atoms with E-state index < -0.39 is 0 Å². The number of nitrogens with zero attached hydrogens (tertiary/aromatic N) is 3. The maximum atomic E-state index is 4.44. The molecule has 0 saturated carbocycles. The van der Waals surface area contributed by atoms with Gasteiger partial charge in [-0.05, 0) is 37.3 Å². The van der Waals surface area contributed by atoms with E-state index >= 15 is 0 Å². The fraction of sp³-hybridized carbons (Fsp3) is 0.474. The summed E-state index contributed by atoms with van der Waals surface area (Å²) >= 11 is 0. The van der Waals surface area contributed by atoms with E-state index in [4.69, 9.17) is 0 Å². The lowest BCUT2D eigenvalue weighted by molar-refractivity contribution is 0.444. The topological polar surface area (TPSA) is 53.1 Å². The van der Waals surface area contributed by atoms with Crippen molar-refractivity contribution in [3.63, 3.8) is 0 Å². The van der Waals surface area contributed by atoms with Gasteiger partial charge in [-0.2, -0.15) is 0 Å². The van der Waals surface area contributed by atoms with Gasteiger partial charge in [-0.25, -0.2) is 9.97 Å². The van der Waals surface area contributed by atoms with Crippen molar-refractivity contribution >= 4 is 17.3 Å². The molecule has 0 spiro atoms. The Morgan fingerprint density at radius 1 is 1.12 bits per heavy atom. The summed E-state index contributed by atoms with van der Waals surface area (Å²) < 4.78 is 0. The van der Waals surface area contributed by atoms with Crippen LogP contribution in [0.4, 0.5) is 17.3 Å². The minimum atomic E-state index is 0.745. The van der Waals surface area contributed by atoms with Crippen molar-refractivity contribution in [2.24, 2.45) is 5.92 Å². The highest BCUT2D eigenvalue weighted by molar-refractivity contribution is 5.48. The number of nitrogens with one attached hydrogen (secondary N) is 2. The predicted molar refractivity (Wildman–Crippen MR) is 101 cm³/mol. The van der Waals surface area contributed by atoms with Crippen LogP contribution in [0.2, 0.25) is 0 Å². The SMILES string of the molecule is CC1CCCN(c2cc(NCCCNc3ccccc3)ncn2)C1. The summed E-state index contributed by atoms with van der Waals surface area (Å²) in [7, 11) is 0. The molecular weight excluding hydrogens is 298 g/mol. The van der Waals surface area contributed by atoms with Crippen LogP contribution in [0.5, 0.6) is 0 Å². The van der Waals surface area contributed by atoms with Gasteiger partial charge in [0.1, 0.15) is 18.0 Å². The Hall–Kier alpha value is -2.30. The van der Waals surface area contributed by atoms with Crippen LogP contribution in [0, 0.1) is 5.92 Å². The van der Waals surface area contributed by atoms with Gasteiger partial charge in [0.2, 0.25) is 0 Å². The van der Waals surface area contributed by atoms with Gasteiger partial charge in [0.05, 0.1) is 0 Å². The number of rotatable bonds is 7. The van der Waals surface area contributed by atoms with Crippen molar-refractivity contribution in [1.82, 2.24) is 9.97 Å². The van der Waals surface area contributed by atoms with Crippen LogP contribution >= 0.6 is 0 Å². The van der Waals surface area contributed by atoms with Crippen molar-refractivity contribution < 1.29 is 0 Å². The first-order chi connectivity index (χ1) is 11.8. The van der Waals surface area contributed by atoms with Crippen LogP contribution < -0.4 is 15.5 Å². The predicted octanol–water partition coefficient (Wildman–Crippen LogP) is 3.63. The maximum Gasteiger partial charge on any atom is 0.134 e. The molecular formula is C19H27N5. The Balaban J connectivity index is 1.43. The molecule has 3 rings (SSSR count). The number of aromatic nitrogens is 2. The Bertz CT molecular complexity index is 616. The highest BCUT2D eigenvalue weighted by Gasteiger charge is 2.17. The second-order valence-corrected chi connectivity index (χ2v) is 6.53. The van der Waals surface area contributed by atoms with Crippen molar-refractivity contribution in [1.29, 1.82) is 0 Å². The van der Waals surface area contributed by atoms with E-state index in [0.717, 1.165) is 50.2 Å². The number of benzene rings is 1. The molecule has 1 aromatic heterocycles. The van der Waals surface area contributed by atoms with Crippen molar-refractivity contribution in [3.8, 4) is 0 Å². The number of hydrogen-bond acceptors (Lipinski definition) is 5. The molecule has 2 heterocycles. The van der Waals surface area contributed by atoms with Crippen molar-refractivity contribution in [2.45, 2.75) is 26.2 Å². The lowest BCUT2D eigenvalue weighted by Crippen LogP contribution is -2.34. The molecule has 2 N–H and O–H groups in total. The number of para-hydroxylation sites is 1. The molecule has 1 aliphatic rings. The van der Waals surface area contributed by atoms with Gasteiger partial charge >= 0.3 is 0 Å². The second kappa shape index (κ2) is 8.52. The average molecular weight is 325 g/mol. The molecule has 128 valence electrons. The molecule has 1 saturated heterocycles. The molecule has 5 heteroatoms. The lowest BCUT2D eigenvalue weighted by Gasteiger charge is -2.31. The summed E-state index contributed by atoms with van der Waals surface area (Å²) in [5.74, 6) is 2.70. The van der Waals surface area contributed by atoms with E-state index in [0.29, 0.717) is 0 Å². The van der Waals surface area contributed by atoms with Crippen LogP contribution in [0.25, 0.3) is 0 Å². The standard InChI is InChI=1S/C19H27N5/c1-16-7-5-12-24(14-16)19-13-18(22-15-23-19)21-11-6-10-20-17-8-3-2-4-9-17/h2-4,8-9,13,15-16,20H,5-7,10-12,14H2,1H3,(H,21,22,23). The van der Waals surface area contributed by atoms with Crippen LogP contribution in [0.15, 0.2) is 42.7 Å². The Kier molecular flexibility index (Phi) is 5.88. The quantitative estimate of drug-likeness (QED) is 0.761. The third-order valence-electron chi connectivity index (χ3n) is 4.40. The van der Waals surface area contributed by atoms with Crippen LogP contribution in [-0.2, 0) is 0 Å². The smallest absolute Gasteiger partial charge is 0.134 e. The summed E-state index contributed by atoms with van der Waals surface area (Å²) in [5.41, 5.74) is 1.17. The monoisotopic (exact) mass is 325 g/mol. The first-order valence-electron chi connectivity index (χ1n) is 8.91. The van der Waals surface area contributed by atoms with Gasteiger partial charge in [-0.1, -0.05) is 25.1 Å².